The van der Waals surface area contributed by atoms with Crippen molar-refractivity contribution in [1.82, 2.24) is 9.97 Å². The maximum atomic E-state index is 13.8. The quantitative estimate of drug-likeness (QED) is 0.455. The average molecular weight is 380 g/mol. The highest BCUT2D eigenvalue weighted by atomic mass is 19.4. The predicted molar refractivity (Wildman–Crippen MR) is 101 cm³/mol. The first-order valence-electron chi connectivity index (χ1n) is 8.72. The van der Waals surface area contributed by atoms with Gasteiger partial charge in [-0.25, -0.2) is 10.8 Å². The van der Waals surface area contributed by atoms with Crippen molar-refractivity contribution in [2.75, 3.05) is 5.01 Å². The van der Waals surface area contributed by atoms with Gasteiger partial charge in [-0.15, -0.1) is 0 Å². The van der Waals surface area contributed by atoms with Gasteiger partial charge < -0.3 is 4.98 Å². The Balaban J connectivity index is 1.88. The van der Waals surface area contributed by atoms with Crippen molar-refractivity contribution < 1.29 is 13.2 Å². The first kappa shape index (κ1) is 16.8. The summed E-state index contributed by atoms with van der Waals surface area (Å²) in [5, 5.41) is 2.20. The molecule has 3 N–H and O–H groups in total. The summed E-state index contributed by atoms with van der Waals surface area (Å²) >= 11 is 0. The van der Waals surface area contributed by atoms with Crippen LogP contribution in [0.4, 0.5) is 18.9 Å². The number of anilines is 1. The second-order valence-electron chi connectivity index (χ2n) is 6.74. The molecule has 5 rings (SSSR count). The van der Waals surface area contributed by atoms with E-state index in [0.717, 1.165) is 22.6 Å². The molecule has 0 amide bonds. The number of pyridine rings is 1. The molecule has 0 saturated carbocycles. The first-order chi connectivity index (χ1) is 13.5. The number of aromatic amines is 1. The number of H-pyrrole nitrogens is 1. The Bertz CT molecular complexity index is 1200. The van der Waals surface area contributed by atoms with Gasteiger partial charge >= 0.3 is 6.18 Å². The second kappa shape index (κ2) is 5.84. The van der Waals surface area contributed by atoms with E-state index in [1.54, 1.807) is 18.5 Å². The number of nitrogens with one attached hydrogen (secondary N) is 1. The maximum absolute atomic E-state index is 13.8. The molecule has 4 nitrogen and oxygen atoms in total. The maximum Gasteiger partial charge on any atom is 0.416 e. The van der Waals surface area contributed by atoms with Crippen LogP contribution in [0.3, 0.4) is 0 Å². The van der Waals surface area contributed by atoms with Crippen LogP contribution in [0.15, 0.2) is 67.0 Å². The molecule has 28 heavy (non-hydrogen) atoms. The Hall–Kier alpha value is -3.32. The number of fused-ring (bicyclic) bond motifs is 2. The standard InChI is InChI=1S/C21H15F3N4/c22-21(23,24)16-7-3-1-6-14(16)19-15-11-27-20-18(15)13(9-10-26-20)12-5-2-4-8-17(12)28(19)25/h1-11,19H,25H2,(H,26,27). The van der Waals surface area contributed by atoms with Gasteiger partial charge in [0.05, 0.1) is 17.3 Å². The van der Waals surface area contributed by atoms with Gasteiger partial charge in [0.1, 0.15) is 5.65 Å². The van der Waals surface area contributed by atoms with Gasteiger partial charge in [0.2, 0.25) is 0 Å². The van der Waals surface area contributed by atoms with E-state index in [1.807, 2.05) is 30.3 Å². The van der Waals surface area contributed by atoms with E-state index in [2.05, 4.69) is 9.97 Å². The molecule has 140 valence electrons. The summed E-state index contributed by atoms with van der Waals surface area (Å²) in [7, 11) is 0. The van der Waals surface area contributed by atoms with Crippen molar-refractivity contribution in [3.8, 4) is 11.1 Å². The van der Waals surface area contributed by atoms with E-state index in [-0.39, 0.29) is 5.56 Å². The van der Waals surface area contributed by atoms with E-state index < -0.39 is 17.8 Å². The topological polar surface area (TPSA) is 57.9 Å². The van der Waals surface area contributed by atoms with Crippen molar-refractivity contribution in [1.29, 1.82) is 0 Å². The Labute approximate surface area is 158 Å². The lowest BCUT2D eigenvalue weighted by Gasteiger charge is -2.31. The summed E-state index contributed by atoms with van der Waals surface area (Å²) in [6.07, 6.45) is -1.11. The SMILES string of the molecule is NN1c2ccccc2-c2ccnc3[nH]cc(c23)C1c1ccccc1C(F)(F)F. The fourth-order valence-corrected chi connectivity index (χ4v) is 4.05. The molecule has 2 aromatic heterocycles. The number of hydrogen-bond acceptors (Lipinski definition) is 3. The zero-order valence-corrected chi connectivity index (χ0v) is 14.5. The molecule has 2 aromatic carbocycles. The largest absolute Gasteiger partial charge is 0.416 e. The van der Waals surface area contributed by atoms with Crippen LogP contribution < -0.4 is 10.9 Å². The number of para-hydroxylation sites is 1. The van der Waals surface area contributed by atoms with E-state index in [1.165, 1.54) is 17.1 Å². The predicted octanol–water partition coefficient (Wildman–Crippen LogP) is 5.03. The Morgan fingerprint density at radius 3 is 2.50 bits per heavy atom. The van der Waals surface area contributed by atoms with Gasteiger partial charge in [0.15, 0.2) is 0 Å². The van der Waals surface area contributed by atoms with Gasteiger partial charge in [0, 0.05) is 28.9 Å². The van der Waals surface area contributed by atoms with Crippen LogP contribution in [-0.2, 0) is 6.18 Å². The zero-order chi connectivity index (χ0) is 19.5. The first-order valence-corrected chi connectivity index (χ1v) is 8.72. The molecule has 0 bridgehead atoms. The van der Waals surface area contributed by atoms with Gasteiger partial charge in [0.25, 0.3) is 0 Å². The van der Waals surface area contributed by atoms with Crippen molar-refractivity contribution in [2.45, 2.75) is 12.2 Å². The number of rotatable bonds is 1. The third-order valence-corrected chi connectivity index (χ3v) is 5.21. The Morgan fingerprint density at radius 1 is 0.929 bits per heavy atom. The highest BCUT2D eigenvalue weighted by Crippen LogP contribution is 2.47. The summed E-state index contributed by atoms with van der Waals surface area (Å²) in [5.74, 6) is 6.48. The fraction of sp³-hybridized carbons (Fsp3) is 0.0952. The van der Waals surface area contributed by atoms with E-state index in [9.17, 15) is 13.2 Å². The number of hydrazine groups is 1. The summed E-state index contributed by atoms with van der Waals surface area (Å²) in [6.45, 7) is 0. The van der Waals surface area contributed by atoms with Crippen LogP contribution in [0.1, 0.15) is 22.7 Å². The fourth-order valence-electron chi connectivity index (χ4n) is 4.05. The summed E-state index contributed by atoms with van der Waals surface area (Å²) in [6, 6.07) is 14.1. The molecular weight excluding hydrogens is 365 g/mol. The van der Waals surface area contributed by atoms with E-state index >= 15 is 0 Å². The molecule has 0 fully saturated rings. The molecule has 0 radical (unpaired) electrons. The van der Waals surface area contributed by atoms with Crippen molar-refractivity contribution >= 4 is 16.7 Å². The molecule has 0 aliphatic carbocycles. The molecule has 0 saturated heterocycles. The smallest absolute Gasteiger partial charge is 0.346 e. The molecule has 1 unspecified atom stereocenters. The van der Waals surface area contributed by atoms with Crippen molar-refractivity contribution in [3.05, 3.63) is 83.7 Å². The second-order valence-corrected chi connectivity index (χ2v) is 6.74. The lowest BCUT2D eigenvalue weighted by Crippen LogP contribution is -2.36. The molecule has 0 spiro atoms. The number of nitrogens with two attached hydrogens (primary N) is 1. The third kappa shape index (κ3) is 2.33. The van der Waals surface area contributed by atoms with E-state index in [0.29, 0.717) is 16.9 Å². The Morgan fingerprint density at radius 2 is 1.68 bits per heavy atom. The van der Waals surface area contributed by atoms with Gasteiger partial charge in [-0.2, -0.15) is 13.2 Å². The average Bonchev–Trinajstić information content (AvgIpc) is 3.07. The Kier molecular flexibility index (Phi) is 3.51. The minimum Gasteiger partial charge on any atom is -0.346 e. The van der Waals surface area contributed by atoms with Crippen LogP contribution in [-0.4, -0.2) is 9.97 Å². The molecule has 4 aromatic rings. The lowest BCUT2D eigenvalue weighted by molar-refractivity contribution is -0.138. The number of hydrogen-bond donors (Lipinski definition) is 2. The minimum atomic E-state index is -4.49. The van der Waals surface area contributed by atoms with Crippen LogP contribution in [0, 0.1) is 0 Å². The minimum absolute atomic E-state index is 0.102. The van der Waals surface area contributed by atoms with Gasteiger partial charge in [-0.05, 0) is 29.3 Å². The molecule has 1 aliphatic heterocycles. The monoisotopic (exact) mass is 380 g/mol. The highest BCUT2D eigenvalue weighted by molar-refractivity contribution is 6.01. The van der Waals surface area contributed by atoms with Crippen LogP contribution in [0.25, 0.3) is 22.2 Å². The summed E-state index contributed by atoms with van der Waals surface area (Å²) < 4.78 is 41.3. The highest BCUT2D eigenvalue weighted by Gasteiger charge is 2.39. The van der Waals surface area contributed by atoms with E-state index in [4.69, 9.17) is 5.84 Å². The van der Waals surface area contributed by atoms with Crippen molar-refractivity contribution in [3.63, 3.8) is 0 Å². The number of alkyl halides is 3. The third-order valence-electron chi connectivity index (χ3n) is 5.21. The van der Waals surface area contributed by atoms with Crippen LogP contribution >= 0.6 is 0 Å². The van der Waals surface area contributed by atoms with Gasteiger partial charge in [-0.1, -0.05) is 36.4 Å². The molecule has 1 aliphatic rings. The van der Waals surface area contributed by atoms with Crippen LogP contribution in [0.5, 0.6) is 0 Å². The number of benzene rings is 2. The molecule has 1 atom stereocenters. The number of nitrogens with zero attached hydrogens (tertiary/aromatic N) is 2. The summed E-state index contributed by atoms with van der Waals surface area (Å²) in [5.41, 5.74) is 3.08. The summed E-state index contributed by atoms with van der Waals surface area (Å²) in [4.78, 5) is 7.43. The van der Waals surface area contributed by atoms with Crippen LogP contribution in [0.2, 0.25) is 0 Å². The lowest BCUT2D eigenvalue weighted by atomic mass is 9.93. The molecular formula is C21H15F3N4. The normalized spacial score (nSPS) is 16.1. The van der Waals surface area contributed by atoms with Gasteiger partial charge in [-0.3, -0.25) is 5.01 Å². The molecule has 7 heteroatoms. The number of aromatic nitrogens is 2. The van der Waals surface area contributed by atoms with Crippen molar-refractivity contribution in [2.24, 2.45) is 5.84 Å². The molecule has 3 heterocycles. The number of halogens is 3. The zero-order valence-electron chi connectivity index (χ0n) is 14.5.